The van der Waals surface area contributed by atoms with Crippen LogP contribution in [0.15, 0.2) is 41.3 Å². The van der Waals surface area contributed by atoms with Crippen LogP contribution in [0.25, 0.3) is 10.9 Å². The predicted octanol–water partition coefficient (Wildman–Crippen LogP) is 1.92. The molecule has 0 aliphatic carbocycles. The van der Waals surface area contributed by atoms with Gasteiger partial charge in [0.15, 0.2) is 11.4 Å². The SMILES string of the molecule is CN1CCn2c(c(O)c3ncc(Cc4ccc(F)cc4)cc3c2=O)C1=O. The van der Waals surface area contributed by atoms with Crippen molar-refractivity contribution >= 4 is 16.8 Å². The lowest BCUT2D eigenvalue weighted by Crippen LogP contribution is -2.42. The van der Waals surface area contributed by atoms with Gasteiger partial charge in [-0.3, -0.25) is 19.1 Å². The molecule has 6 nitrogen and oxygen atoms in total. The molecule has 132 valence electrons. The minimum Gasteiger partial charge on any atom is -0.504 e. The van der Waals surface area contributed by atoms with Gasteiger partial charge in [-0.05, 0) is 35.7 Å². The highest BCUT2D eigenvalue weighted by Crippen LogP contribution is 2.28. The first kappa shape index (κ1) is 16.3. The minimum absolute atomic E-state index is 0.0185. The third kappa shape index (κ3) is 2.52. The van der Waals surface area contributed by atoms with Crippen LogP contribution >= 0.6 is 0 Å². The number of aromatic hydroxyl groups is 1. The van der Waals surface area contributed by atoms with Gasteiger partial charge in [0.05, 0.1) is 5.39 Å². The second-order valence-corrected chi connectivity index (χ2v) is 6.42. The van der Waals surface area contributed by atoms with Crippen LogP contribution in [0.5, 0.6) is 5.75 Å². The predicted molar refractivity (Wildman–Crippen MR) is 93.8 cm³/mol. The quantitative estimate of drug-likeness (QED) is 0.764. The lowest BCUT2D eigenvalue weighted by atomic mass is 10.0. The number of halogens is 1. The van der Waals surface area contributed by atoms with Gasteiger partial charge in [0, 0.05) is 26.3 Å². The molecule has 0 fully saturated rings. The third-order valence-corrected chi connectivity index (χ3v) is 4.67. The Morgan fingerprint density at radius 3 is 2.62 bits per heavy atom. The number of rotatable bonds is 2. The molecule has 1 N–H and O–H groups in total. The van der Waals surface area contributed by atoms with Crippen LogP contribution in [0, 0.1) is 5.82 Å². The van der Waals surface area contributed by atoms with Crippen LogP contribution in [0.1, 0.15) is 21.6 Å². The van der Waals surface area contributed by atoms with Crippen molar-refractivity contribution < 1.29 is 14.3 Å². The average molecular weight is 353 g/mol. The smallest absolute Gasteiger partial charge is 0.274 e. The van der Waals surface area contributed by atoms with E-state index in [1.165, 1.54) is 21.6 Å². The first-order chi connectivity index (χ1) is 12.5. The molecular formula is C19H16FN3O3. The number of fused-ring (bicyclic) bond motifs is 2. The first-order valence-corrected chi connectivity index (χ1v) is 8.20. The fourth-order valence-electron chi connectivity index (χ4n) is 3.24. The molecule has 7 heteroatoms. The zero-order chi connectivity index (χ0) is 18.4. The van der Waals surface area contributed by atoms with Gasteiger partial charge in [-0.2, -0.15) is 0 Å². The fraction of sp³-hybridized carbons (Fsp3) is 0.211. The fourth-order valence-corrected chi connectivity index (χ4v) is 3.24. The Kier molecular flexibility index (Phi) is 3.72. The largest absolute Gasteiger partial charge is 0.504 e. The number of amides is 1. The van der Waals surface area contributed by atoms with Crippen molar-refractivity contribution in [2.24, 2.45) is 0 Å². The number of hydrogen-bond donors (Lipinski definition) is 1. The van der Waals surface area contributed by atoms with Crippen molar-refractivity contribution in [1.82, 2.24) is 14.5 Å². The molecule has 0 saturated carbocycles. The molecule has 1 aliphatic heterocycles. The molecule has 2 aromatic heterocycles. The summed E-state index contributed by atoms with van der Waals surface area (Å²) in [6, 6.07) is 7.77. The maximum atomic E-state index is 13.0. The lowest BCUT2D eigenvalue weighted by Gasteiger charge is -2.27. The summed E-state index contributed by atoms with van der Waals surface area (Å²) in [4.78, 5) is 30.8. The molecule has 0 unspecified atom stereocenters. The molecule has 4 rings (SSSR count). The van der Waals surface area contributed by atoms with Crippen molar-refractivity contribution in [3.05, 3.63) is 69.5 Å². The Bertz CT molecular complexity index is 1090. The van der Waals surface area contributed by atoms with E-state index in [2.05, 4.69) is 4.98 Å². The summed E-state index contributed by atoms with van der Waals surface area (Å²) in [7, 11) is 1.62. The van der Waals surface area contributed by atoms with E-state index in [-0.39, 0.29) is 33.7 Å². The maximum absolute atomic E-state index is 13.0. The lowest BCUT2D eigenvalue weighted by molar-refractivity contribution is 0.0741. The molecule has 1 aliphatic rings. The van der Waals surface area contributed by atoms with Crippen molar-refractivity contribution in [3.8, 4) is 5.75 Å². The molecule has 0 bridgehead atoms. The normalized spacial score (nSPS) is 13.9. The van der Waals surface area contributed by atoms with Gasteiger partial charge >= 0.3 is 0 Å². The zero-order valence-corrected chi connectivity index (χ0v) is 14.1. The van der Waals surface area contributed by atoms with Gasteiger partial charge in [0.1, 0.15) is 11.3 Å². The highest BCUT2D eigenvalue weighted by atomic mass is 19.1. The molecule has 3 aromatic rings. The van der Waals surface area contributed by atoms with Crippen molar-refractivity contribution in [1.29, 1.82) is 0 Å². The highest BCUT2D eigenvalue weighted by Gasteiger charge is 2.28. The zero-order valence-electron chi connectivity index (χ0n) is 14.1. The average Bonchev–Trinajstić information content (AvgIpc) is 2.64. The monoisotopic (exact) mass is 353 g/mol. The van der Waals surface area contributed by atoms with E-state index in [0.29, 0.717) is 19.5 Å². The Hall–Kier alpha value is -3.22. The first-order valence-electron chi connectivity index (χ1n) is 8.20. The molecular weight excluding hydrogens is 337 g/mol. The number of benzene rings is 1. The summed E-state index contributed by atoms with van der Waals surface area (Å²) in [5, 5.41) is 10.8. The Morgan fingerprint density at radius 1 is 1.15 bits per heavy atom. The number of pyridine rings is 2. The van der Waals surface area contributed by atoms with Crippen molar-refractivity contribution in [2.75, 3.05) is 13.6 Å². The summed E-state index contributed by atoms with van der Waals surface area (Å²) in [6.45, 7) is 0.724. The Labute approximate surface area is 148 Å². The number of hydrogen-bond acceptors (Lipinski definition) is 4. The summed E-state index contributed by atoms with van der Waals surface area (Å²) < 4.78 is 14.3. The number of likely N-dealkylation sites (N-methyl/N-ethyl adjacent to an activating group) is 1. The maximum Gasteiger partial charge on any atom is 0.274 e. The van der Waals surface area contributed by atoms with Crippen LogP contribution in [0.2, 0.25) is 0 Å². The summed E-state index contributed by atoms with van der Waals surface area (Å²) in [5.74, 6) is -0.982. The molecule has 0 spiro atoms. The van der Waals surface area contributed by atoms with Crippen LogP contribution in [0.3, 0.4) is 0 Å². The number of carbonyl (C=O) groups is 1. The van der Waals surface area contributed by atoms with E-state index in [1.54, 1.807) is 31.4 Å². The van der Waals surface area contributed by atoms with Gasteiger partial charge in [0.25, 0.3) is 11.5 Å². The summed E-state index contributed by atoms with van der Waals surface area (Å²) >= 11 is 0. The van der Waals surface area contributed by atoms with E-state index in [1.807, 2.05) is 0 Å². The second kappa shape index (κ2) is 5.94. The van der Waals surface area contributed by atoms with Crippen molar-refractivity contribution in [2.45, 2.75) is 13.0 Å². The van der Waals surface area contributed by atoms with Crippen LogP contribution in [0.4, 0.5) is 4.39 Å². The summed E-state index contributed by atoms with van der Waals surface area (Å²) in [5.41, 5.74) is 1.40. The van der Waals surface area contributed by atoms with Gasteiger partial charge in [0.2, 0.25) is 0 Å². The van der Waals surface area contributed by atoms with Gasteiger partial charge in [-0.15, -0.1) is 0 Å². The van der Waals surface area contributed by atoms with E-state index in [4.69, 9.17) is 0 Å². The number of aromatic nitrogens is 2. The molecule has 3 heterocycles. The number of carbonyl (C=O) groups excluding carboxylic acids is 1. The minimum atomic E-state index is -0.398. The Balaban J connectivity index is 1.84. The van der Waals surface area contributed by atoms with E-state index in [9.17, 15) is 19.1 Å². The van der Waals surface area contributed by atoms with E-state index < -0.39 is 5.91 Å². The molecule has 26 heavy (non-hydrogen) atoms. The molecule has 0 radical (unpaired) electrons. The molecule has 1 aromatic carbocycles. The third-order valence-electron chi connectivity index (χ3n) is 4.67. The van der Waals surface area contributed by atoms with E-state index >= 15 is 0 Å². The number of nitrogens with zero attached hydrogens (tertiary/aromatic N) is 3. The highest BCUT2D eigenvalue weighted by molar-refractivity contribution is 6.01. The standard InChI is InChI=1S/C19H16FN3O3/c1-22-6-7-23-16(19(22)26)17(24)15-14(18(23)25)9-12(10-21-15)8-11-2-4-13(20)5-3-11/h2-5,9-10,24H,6-8H2,1H3. The molecule has 1 amide bonds. The van der Waals surface area contributed by atoms with Crippen LogP contribution in [-0.4, -0.2) is 39.1 Å². The van der Waals surface area contributed by atoms with Crippen LogP contribution in [-0.2, 0) is 13.0 Å². The van der Waals surface area contributed by atoms with Crippen molar-refractivity contribution in [3.63, 3.8) is 0 Å². The van der Waals surface area contributed by atoms with E-state index in [0.717, 1.165) is 11.1 Å². The van der Waals surface area contributed by atoms with Gasteiger partial charge in [-0.1, -0.05) is 12.1 Å². The molecule has 0 saturated heterocycles. The van der Waals surface area contributed by atoms with Crippen LogP contribution < -0.4 is 5.56 Å². The van der Waals surface area contributed by atoms with Gasteiger partial charge in [-0.25, -0.2) is 4.39 Å². The Morgan fingerprint density at radius 2 is 1.88 bits per heavy atom. The van der Waals surface area contributed by atoms with Gasteiger partial charge < -0.3 is 10.0 Å². The topological polar surface area (TPSA) is 75.4 Å². The molecule has 0 atom stereocenters. The second-order valence-electron chi connectivity index (χ2n) is 6.42. The summed E-state index contributed by atoms with van der Waals surface area (Å²) in [6.07, 6.45) is 2.03.